The average molecular weight is 390 g/mol. The lowest BCUT2D eigenvalue weighted by molar-refractivity contribution is -0.131. The summed E-state index contributed by atoms with van der Waals surface area (Å²) in [5.41, 5.74) is 3.95. The van der Waals surface area contributed by atoms with Crippen LogP contribution in [0.5, 0.6) is 0 Å². The molecular weight excluding hydrogens is 364 g/mol. The van der Waals surface area contributed by atoms with Crippen molar-refractivity contribution in [2.24, 2.45) is 0 Å². The Morgan fingerprint density at radius 1 is 1.03 bits per heavy atom. The van der Waals surface area contributed by atoms with Crippen molar-refractivity contribution in [2.75, 3.05) is 44.7 Å². The zero-order valence-electron chi connectivity index (χ0n) is 16.9. The van der Waals surface area contributed by atoms with E-state index in [2.05, 4.69) is 41.1 Å². The molecule has 150 valence electrons. The predicted octanol–water partition coefficient (Wildman–Crippen LogP) is 2.90. The van der Waals surface area contributed by atoms with Gasteiger partial charge in [-0.3, -0.25) is 9.59 Å². The number of aromatic amines is 1. The Kier molecular flexibility index (Phi) is 5.25. The Morgan fingerprint density at radius 2 is 1.79 bits per heavy atom. The fraction of sp³-hybridized carbons (Fsp3) is 0.304. The van der Waals surface area contributed by atoms with Gasteiger partial charge in [0.05, 0.1) is 12.1 Å². The van der Waals surface area contributed by atoms with Gasteiger partial charge in [-0.05, 0) is 30.7 Å². The van der Waals surface area contributed by atoms with Gasteiger partial charge in [0.2, 0.25) is 5.91 Å². The second-order valence-electron chi connectivity index (χ2n) is 7.62. The Hall–Kier alpha value is -3.28. The van der Waals surface area contributed by atoms with Crippen LogP contribution in [-0.2, 0) is 4.79 Å². The number of aryl methyl sites for hydroxylation is 1. The number of anilines is 1. The molecule has 0 spiro atoms. The molecule has 1 saturated heterocycles. The van der Waals surface area contributed by atoms with Crippen molar-refractivity contribution in [2.45, 2.75) is 6.92 Å². The highest BCUT2D eigenvalue weighted by molar-refractivity contribution is 6.07. The lowest BCUT2D eigenvalue weighted by Gasteiger charge is -2.36. The maximum Gasteiger partial charge on any atom is 0.256 e. The van der Waals surface area contributed by atoms with Gasteiger partial charge in [-0.2, -0.15) is 0 Å². The molecule has 1 fully saturated rings. The molecule has 0 saturated carbocycles. The monoisotopic (exact) mass is 390 g/mol. The number of rotatable bonds is 4. The number of likely N-dealkylation sites (N-methyl/N-ethyl adjacent to an activating group) is 1. The van der Waals surface area contributed by atoms with Gasteiger partial charge < -0.3 is 19.7 Å². The van der Waals surface area contributed by atoms with Crippen molar-refractivity contribution in [1.82, 2.24) is 14.8 Å². The van der Waals surface area contributed by atoms with Gasteiger partial charge >= 0.3 is 0 Å². The topological polar surface area (TPSA) is 59.6 Å². The minimum atomic E-state index is -0.144. The molecule has 0 atom stereocenters. The van der Waals surface area contributed by atoms with Crippen LogP contribution in [0.4, 0.5) is 5.69 Å². The molecule has 1 aromatic heterocycles. The van der Waals surface area contributed by atoms with Gasteiger partial charge in [-0.1, -0.05) is 30.3 Å². The second-order valence-corrected chi connectivity index (χ2v) is 7.62. The van der Waals surface area contributed by atoms with E-state index >= 15 is 0 Å². The van der Waals surface area contributed by atoms with E-state index in [9.17, 15) is 9.59 Å². The van der Waals surface area contributed by atoms with Crippen LogP contribution in [0.2, 0.25) is 0 Å². The summed E-state index contributed by atoms with van der Waals surface area (Å²) >= 11 is 0. The van der Waals surface area contributed by atoms with Gasteiger partial charge in [0.15, 0.2) is 0 Å². The molecule has 6 nitrogen and oxygen atoms in total. The quantitative estimate of drug-likeness (QED) is 0.745. The third kappa shape index (κ3) is 3.97. The van der Waals surface area contributed by atoms with E-state index in [0.29, 0.717) is 18.7 Å². The molecule has 2 aromatic carbocycles. The molecule has 1 N–H and O–H groups in total. The maximum atomic E-state index is 12.8. The normalized spacial score (nSPS) is 14.3. The lowest BCUT2D eigenvalue weighted by atomic mass is 10.1. The molecule has 1 aliphatic heterocycles. The number of fused-ring (bicyclic) bond motifs is 1. The largest absolute Gasteiger partial charge is 0.368 e. The van der Waals surface area contributed by atoms with E-state index in [1.165, 1.54) is 16.2 Å². The number of hydrogen-bond donors (Lipinski definition) is 1. The van der Waals surface area contributed by atoms with Gasteiger partial charge in [0.25, 0.3) is 5.91 Å². The zero-order valence-corrected chi connectivity index (χ0v) is 16.9. The molecule has 0 aliphatic carbocycles. The van der Waals surface area contributed by atoms with Crippen LogP contribution in [0.3, 0.4) is 0 Å². The Balaban J connectivity index is 1.35. The number of nitrogens with one attached hydrogen (secondary N) is 1. The molecule has 29 heavy (non-hydrogen) atoms. The molecule has 2 amide bonds. The maximum absolute atomic E-state index is 12.8. The van der Waals surface area contributed by atoms with Crippen LogP contribution in [0.15, 0.2) is 54.7 Å². The minimum Gasteiger partial charge on any atom is -0.368 e. The number of amides is 2. The highest BCUT2D eigenvalue weighted by Crippen LogP contribution is 2.20. The van der Waals surface area contributed by atoms with Gasteiger partial charge in [-0.25, -0.2) is 0 Å². The summed E-state index contributed by atoms with van der Waals surface area (Å²) in [7, 11) is 1.69. The summed E-state index contributed by atoms with van der Waals surface area (Å²) in [5.74, 6) is -0.154. The fourth-order valence-corrected chi connectivity index (χ4v) is 3.87. The molecule has 1 aliphatic rings. The molecule has 2 heterocycles. The van der Waals surface area contributed by atoms with Crippen molar-refractivity contribution in [3.63, 3.8) is 0 Å². The molecule has 3 aromatic rings. The third-order valence-corrected chi connectivity index (χ3v) is 5.54. The van der Waals surface area contributed by atoms with E-state index in [4.69, 9.17) is 0 Å². The highest BCUT2D eigenvalue weighted by atomic mass is 16.2. The van der Waals surface area contributed by atoms with Crippen LogP contribution in [-0.4, -0.2) is 66.4 Å². The number of carbonyl (C=O) groups is 2. The molecule has 0 bridgehead atoms. The second kappa shape index (κ2) is 7.99. The van der Waals surface area contributed by atoms with Crippen molar-refractivity contribution < 1.29 is 9.59 Å². The molecule has 0 radical (unpaired) electrons. The Bertz CT molecular complexity index is 1030. The average Bonchev–Trinajstić information content (AvgIpc) is 3.17. The predicted molar refractivity (Wildman–Crippen MR) is 115 cm³/mol. The van der Waals surface area contributed by atoms with Gasteiger partial charge in [0.1, 0.15) is 0 Å². The number of para-hydroxylation sites is 1. The SMILES string of the molecule is Cc1cccc(N2CCN(C(=O)CN(C)C(=O)c3c[nH]c4ccccc34)CC2)c1. The minimum absolute atomic E-state index is 0.00964. The summed E-state index contributed by atoms with van der Waals surface area (Å²) in [6.45, 7) is 5.11. The molecule has 4 rings (SSSR count). The third-order valence-electron chi connectivity index (χ3n) is 5.54. The van der Waals surface area contributed by atoms with Crippen molar-refractivity contribution in [3.8, 4) is 0 Å². The number of aromatic nitrogens is 1. The molecule has 0 unspecified atom stereocenters. The van der Waals surface area contributed by atoms with E-state index in [0.717, 1.165) is 24.0 Å². The zero-order chi connectivity index (χ0) is 20.4. The van der Waals surface area contributed by atoms with Crippen LogP contribution >= 0.6 is 0 Å². The smallest absolute Gasteiger partial charge is 0.256 e. The first-order chi connectivity index (χ1) is 14.0. The van der Waals surface area contributed by atoms with Gasteiger partial charge in [0, 0.05) is 56.0 Å². The highest BCUT2D eigenvalue weighted by Gasteiger charge is 2.24. The molecule has 6 heteroatoms. The number of nitrogens with zero attached hydrogens (tertiary/aromatic N) is 3. The first kappa shape index (κ1) is 19.1. The first-order valence-electron chi connectivity index (χ1n) is 9.94. The number of H-pyrrole nitrogens is 1. The Labute approximate surface area is 170 Å². The van der Waals surface area contributed by atoms with Crippen LogP contribution in [0.1, 0.15) is 15.9 Å². The van der Waals surface area contributed by atoms with Crippen LogP contribution < -0.4 is 4.90 Å². The molecular formula is C23H26N4O2. The van der Waals surface area contributed by atoms with Crippen LogP contribution in [0, 0.1) is 6.92 Å². The first-order valence-corrected chi connectivity index (χ1v) is 9.94. The number of hydrogen-bond acceptors (Lipinski definition) is 3. The van der Waals surface area contributed by atoms with Gasteiger partial charge in [-0.15, -0.1) is 0 Å². The number of benzene rings is 2. The fourth-order valence-electron chi connectivity index (χ4n) is 3.87. The van der Waals surface area contributed by atoms with E-state index in [1.54, 1.807) is 13.2 Å². The summed E-state index contributed by atoms with van der Waals surface area (Å²) in [5, 5.41) is 0.878. The van der Waals surface area contributed by atoms with Crippen molar-refractivity contribution in [3.05, 3.63) is 65.9 Å². The van der Waals surface area contributed by atoms with Crippen LogP contribution in [0.25, 0.3) is 10.9 Å². The van der Waals surface area contributed by atoms with E-state index < -0.39 is 0 Å². The Morgan fingerprint density at radius 3 is 2.55 bits per heavy atom. The standard InChI is InChI=1S/C23H26N4O2/c1-17-6-5-7-18(14-17)26-10-12-27(13-11-26)22(28)16-25(2)23(29)20-15-24-21-9-4-3-8-19(20)21/h3-9,14-15,24H,10-13,16H2,1-2H3. The summed E-state index contributed by atoms with van der Waals surface area (Å²) in [6, 6.07) is 16.1. The van der Waals surface area contributed by atoms with Crippen molar-refractivity contribution in [1.29, 1.82) is 0 Å². The number of carbonyl (C=O) groups excluding carboxylic acids is 2. The summed E-state index contributed by atoms with van der Waals surface area (Å²) in [6.07, 6.45) is 1.72. The van der Waals surface area contributed by atoms with E-state index in [-0.39, 0.29) is 18.4 Å². The summed E-state index contributed by atoms with van der Waals surface area (Å²) < 4.78 is 0. The summed E-state index contributed by atoms with van der Waals surface area (Å²) in [4.78, 5) is 34.4. The van der Waals surface area contributed by atoms with Crippen molar-refractivity contribution >= 4 is 28.4 Å². The number of piperazine rings is 1. The lowest BCUT2D eigenvalue weighted by Crippen LogP contribution is -2.51. The van der Waals surface area contributed by atoms with E-state index in [1.807, 2.05) is 29.2 Å².